The van der Waals surface area contributed by atoms with Gasteiger partial charge in [-0.3, -0.25) is 4.98 Å². The minimum Gasteiger partial charge on any atom is -0.497 e. The van der Waals surface area contributed by atoms with Gasteiger partial charge in [0.05, 0.1) is 13.7 Å². The van der Waals surface area contributed by atoms with Gasteiger partial charge < -0.3 is 9.47 Å². The summed E-state index contributed by atoms with van der Waals surface area (Å²) in [7, 11) is 1.63. The van der Waals surface area contributed by atoms with Gasteiger partial charge in [-0.05, 0) is 43.3 Å². The van der Waals surface area contributed by atoms with Crippen LogP contribution < -0.4 is 9.47 Å². The Bertz CT molecular complexity index is 1030. The zero-order valence-corrected chi connectivity index (χ0v) is 14.3. The van der Waals surface area contributed by atoms with E-state index >= 15 is 0 Å². The topological polar surface area (TPSA) is 87.3 Å². The second-order valence-corrected chi connectivity index (χ2v) is 5.41. The van der Waals surface area contributed by atoms with Crippen LogP contribution in [-0.2, 0) is 0 Å². The van der Waals surface area contributed by atoms with Gasteiger partial charge in [-0.2, -0.15) is 4.52 Å². The van der Waals surface area contributed by atoms with E-state index in [9.17, 15) is 0 Å². The molecule has 0 saturated heterocycles. The van der Waals surface area contributed by atoms with Crippen LogP contribution in [0.15, 0.2) is 48.8 Å². The fraction of sp³-hybridized carbons (Fsp3) is 0.167. The number of rotatable bonds is 5. The van der Waals surface area contributed by atoms with E-state index in [4.69, 9.17) is 9.47 Å². The first-order valence-electron chi connectivity index (χ1n) is 8.11. The maximum Gasteiger partial charge on any atom is 0.353 e. The van der Waals surface area contributed by atoms with E-state index in [-0.39, 0.29) is 6.01 Å². The van der Waals surface area contributed by atoms with Crippen LogP contribution in [0.25, 0.3) is 28.3 Å². The lowest BCUT2D eigenvalue weighted by molar-refractivity contribution is 0.301. The van der Waals surface area contributed by atoms with Gasteiger partial charge in [-0.1, -0.05) is 5.10 Å². The summed E-state index contributed by atoms with van der Waals surface area (Å²) in [6, 6.07) is 11.7. The molecule has 26 heavy (non-hydrogen) atoms. The molecule has 0 N–H and O–H groups in total. The highest BCUT2D eigenvalue weighted by molar-refractivity contribution is 5.80. The molecule has 3 heterocycles. The van der Waals surface area contributed by atoms with Crippen molar-refractivity contribution in [1.82, 2.24) is 29.8 Å². The Labute approximate surface area is 149 Å². The van der Waals surface area contributed by atoms with Crippen molar-refractivity contribution in [1.29, 1.82) is 0 Å². The lowest BCUT2D eigenvalue weighted by Crippen LogP contribution is -2.05. The fourth-order valence-corrected chi connectivity index (χ4v) is 2.65. The van der Waals surface area contributed by atoms with Crippen molar-refractivity contribution in [3.8, 4) is 34.3 Å². The molecule has 0 amide bonds. The van der Waals surface area contributed by atoms with Gasteiger partial charge in [0.15, 0.2) is 0 Å². The average Bonchev–Trinajstić information content (AvgIpc) is 3.08. The summed E-state index contributed by atoms with van der Waals surface area (Å²) < 4.78 is 12.3. The van der Waals surface area contributed by atoms with E-state index in [1.807, 2.05) is 43.3 Å². The lowest BCUT2D eigenvalue weighted by atomic mass is 10.1. The Morgan fingerprint density at radius 3 is 2.58 bits per heavy atom. The second-order valence-electron chi connectivity index (χ2n) is 5.41. The normalized spacial score (nSPS) is 10.8. The van der Waals surface area contributed by atoms with Crippen molar-refractivity contribution in [2.75, 3.05) is 13.7 Å². The minimum absolute atomic E-state index is 0.198. The van der Waals surface area contributed by atoms with Crippen LogP contribution in [0.5, 0.6) is 11.8 Å². The molecule has 1 aromatic carbocycles. The third kappa shape index (κ3) is 2.81. The van der Waals surface area contributed by atoms with Crippen LogP contribution in [0.3, 0.4) is 0 Å². The van der Waals surface area contributed by atoms with Crippen molar-refractivity contribution in [2.24, 2.45) is 0 Å². The molecule has 3 aromatic heterocycles. The Morgan fingerprint density at radius 2 is 1.88 bits per heavy atom. The molecule has 0 aliphatic heterocycles. The fourth-order valence-electron chi connectivity index (χ4n) is 2.65. The van der Waals surface area contributed by atoms with Gasteiger partial charge in [0.25, 0.3) is 5.78 Å². The molecule has 0 unspecified atom stereocenters. The summed E-state index contributed by atoms with van der Waals surface area (Å²) >= 11 is 0. The van der Waals surface area contributed by atoms with E-state index in [1.165, 1.54) is 0 Å². The minimum atomic E-state index is 0.198. The van der Waals surface area contributed by atoms with Gasteiger partial charge in [0, 0.05) is 23.5 Å². The predicted molar refractivity (Wildman–Crippen MR) is 95.0 cm³/mol. The molecule has 0 aliphatic carbocycles. The van der Waals surface area contributed by atoms with E-state index in [0.717, 1.165) is 28.3 Å². The number of hydrogen-bond acceptors (Lipinski definition) is 7. The number of methoxy groups -OCH3 is 1. The van der Waals surface area contributed by atoms with Gasteiger partial charge in [-0.25, -0.2) is 4.98 Å². The number of ether oxygens (including phenoxy) is 2. The molecule has 0 fully saturated rings. The molecule has 0 aliphatic rings. The van der Waals surface area contributed by atoms with Crippen molar-refractivity contribution < 1.29 is 9.47 Å². The highest BCUT2D eigenvalue weighted by Gasteiger charge is 2.19. The third-order valence-electron chi connectivity index (χ3n) is 3.82. The lowest BCUT2D eigenvalue weighted by Gasteiger charge is -2.06. The first-order chi connectivity index (χ1) is 12.8. The molecule has 130 valence electrons. The second kappa shape index (κ2) is 6.75. The standard InChI is InChI=1S/C18H16N6O2/c1-3-26-18-22-21-17-20-15(12-6-8-14(25-2)9-7-12)16(24(17)23-18)13-5-4-10-19-11-13/h4-11H,3H2,1-2H3. The van der Waals surface area contributed by atoms with Crippen LogP contribution in [0.2, 0.25) is 0 Å². The van der Waals surface area contributed by atoms with E-state index in [0.29, 0.717) is 12.4 Å². The zero-order chi connectivity index (χ0) is 17.9. The Hall–Kier alpha value is -3.55. The molecule has 4 rings (SSSR count). The summed E-state index contributed by atoms with van der Waals surface area (Å²) in [5.41, 5.74) is 3.29. The largest absolute Gasteiger partial charge is 0.497 e. The summed E-state index contributed by atoms with van der Waals surface area (Å²) in [6.45, 7) is 2.32. The number of aromatic nitrogens is 6. The molecule has 0 radical (unpaired) electrons. The van der Waals surface area contributed by atoms with Crippen molar-refractivity contribution in [2.45, 2.75) is 6.92 Å². The van der Waals surface area contributed by atoms with Crippen LogP contribution in [0, 0.1) is 0 Å². The summed E-state index contributed by atoms with van der Waals surface area (Å²) in [6.07, 6.45) is 3.48. The van der Waals surface area contributed by atoms with Crippen molar-refractivity contribution >= 4 is 5.78 Å². The predicted octanol–water partition coefficient (Wildman–Crippen LogP) is 2.66. The summed E-state index contributed by atoms with van der Waals surface area (Å²) in [5.74, 6) is 1.16. The quantitative estimate of drug-likeness (QED) is 0.548. The van der Waals surface area contributed by atoms with Crippen molar-refractivity contribution in [3.63, 3.8) is 0 Å². The highest BCUT2D eigenvalue weighted by Crippen LogP contribution is 2.32. The van der Waals surface area contributed by atoms with E-state index < -0.39 is 0 Å². The third-order valence-corrected chi connectivity index (χ3v) is 3.82. The molecule has 4 aromatic rings. The molecule has 8 heteroatoms. The molecular weight excluding hydrogens is 332 g/mol. The first-order valence-corrected chi connectivity index (χ1v) is 8.11. The maximum atomic E-state index is 5.38. The van der Waals surface area contributed by atoms with Gasteiger partial charge in [-0.15, -0.1) is 10.2 Å². The average molecular weight is 348 g/mol. The van der Waals surface area contributed by atoms with Gasteiger partial charge in [0.1, 0.15) is 17.1 Å². The SMILES string of the molecule is CCOc1nnc2nc(-c3ccc(OC)cc3)c(-c3cccnc3)n2n1. The molecule has 0 saturated carbocycles. The summed E-state index contributed by atoms with van der Waals surface area (Å²) in [4.78, 5) is 8.83. The summed E-state index contributed by atoms with van der Waals surface area (Å²) in [5, 5.41) is 12.5. The maximum absolute atomic E-state index is 5.38. The Balaban J connectivity index is 1.96. The van der Waals surface area contributed by atoms with Crippen LogP contribution >= 0.6 is 0 Å². The highest BCUT2D eigenvalue weighted by atomic mass is 16.5. The zero-order valence-electron chi connectivity index (χ0n) is 14.3. The van der Waals surface area contributed by atoms with Crippen LogP contribution in [0.1, 0.15) is 6.92 Å². The first kappa shape index (κ1) is 15.9. The van der Waals surface area contributed by atoms with E-state index in [2.05, 4.69) is 25.3 Å². The molecule has 0 bridgehead atoms. The molecule has 8 nitrogen and oxygen atoms in total. The van der Waals surface area contributed by atoms with Gasteiger partial charge in [0.2, 0.25) is 0 Å². The number of fused-ring (bicyclic) bond motifs is 1. The number of nitrogens with zero attached hydrogens (tertiary/aromatic N) is 6. The van der Waals surface area contributed by atoms with Gasteiger partial charge >= 0.3 is 6.01 Å². The van der Waals surface area contributed by atoms with Crippen LogP contribution in [0.4, 0.5) is 0 Å². The Kier molecular flexibility index (Phi) is 4.14. The number of hydrogen-bond donors (Lipinski definition) is 0. The number of benzene rings is 1. The molecule has 0 spiro atoms. The smallest absolute Gasteiger partial charge is 0.353 e. The number of pyridine rings is 1. The number of imidazole rings is 1. The molecule has 0 atom stereocenters. The monoisotopic (exact) mass is 348 g/mol. The van der Waals surface area contributed by atoms with Crippen molar-refractivity contribution in [3.05, 3.63) is 48.8 Å². The van der Waals surface area contributed by atoms with E-state index in [1.54, 1.807) is 24.0 Å². The van der Waals surface area contributed by atoms with Crippen LogP contribution in [-0.4, -0.2) is 43.5 Å². The molecular formula is C18H16N6O2. The Morgan fingerprint density at radius 1 is 1.04 bits per heavy atom.